The molecule has 3 aromatic heterocycles. The Morgan fingerprint density at radius 3 is 2.85 bits per heavy atom. The van der Waals surface area contributed by atoms with Gasteiger partial charge >= 0.3 is 0 Å². The Hall–Kier alpha value is -2.89. The maximum absolute atomic E-state index is 13.3. The van der Waals surface area contributed by atoms with E-state index < -0.39 is 0 Å². The summed E-state index contributed by atoms with van der Waals surface area (Å²) in [4.78, 5) is 19.7. The molecule has 1 fully saturated rings. The highest BCUT2D eigenvalue weighted by Gasteiger charge is 2.31. The smallest absolute Gasteiger partial charge is 0.256 e. The van der Waals surface area contributed by atoms with Gasteiger partial charge in [-0.3, -0.25) is 9.48 Å². The molecule has 0 bridgehead atoms. The molecule has 6 heteroatoms. The molecule has 4 rings (SSSR count). The molecule has 0 spiro atoms. The minimum atomic E-state index is 0.106. The van der Waals surface area contributed by atoms with Crippen LogP contribution in [0.3, 0.4) is 0 Å². The zero-order valence-electron chi connectivity index (χ0n) is 15.2. The van der Waals surface area contributed by atoms with Gasteiger partial charge in [0.25, 0.3) is 5.91 Å². The standard InChI is InChI=1S/C20H23N5O/c1-15-13-18(16(2)25(15)19-8-3-4-9-21-19)20(26)24-12-5-7-17(24)14-23-11-6-10-22-23/h3-4,6,8-11,13,17H,5,7,12,14H2,1-2H3. The summed E-state index contributed by atoms with van der Waals surface area (Å²) >= 11 is 0. The number of aromatic nitrogens is 4. The Bertz CT molecular complexity index is 898. The molecule has 1 saturated heterocycles. The maximum Gasteiger partial charge on any atom is 0.256 e. The minimum Gasteiger partial charge on any atom is -0.334 e. The molecule has 0 aromatic carbocycles. The number of hydrogen-bond donors (Lipinski definition) is 0. The Morgan fingerprint density at radius 1 is 1.23 bits per heavy atom. The monoisotopic (exact) mass is 349 g/mol. The number of hydrogen-bond acceptors (Lipinski definition) is 3. The number of rotatable bonds is 4. The molecule has 3 aromatic rings. The molecule has 26 heavy (non-hydrogen) atoms. The van der Waals surface area contributed by atoms with Gasteiger partial charge < -0.3 is 9.47 Å². The number of likely N-dealkylation sites (tertiary alicyclic amines) is 1. The van der Waals surface area contributed by atoms with Crippen molar-refractivity contribution in [3.05, 3.63) is 65.9 Å². The lowest BCUT2D eigenvalue weighted by atomic mass is 10.1. The van der Waals surface area contributed by atoms with Crippen LogP contribution >= 0.6 is 0 Å². The van der Waals surface area contributed by atoms with Crippen molar-refractivity contribution < 1.29 is 4.79 Å². The second-order valence-electron chi connectivity index (χ2n) is 6.83. The van der Waals surface area contributed by atoms with Crippen molar-refractivity contribution >= 4 is 5.91 Å². The summed E-state index contributed by atoms with van der Waals surface area (Å²) in [6.07, 6.45) is 7.56. The Labute approximate surface area is 153 Å². The second-order valence-corrected chi connectivity index (χ2v) is 6.83. The summed E-state index contributed by atoms with van der Waals surface area (Å²) in [5.41, 5.74) is 2.73. The van der Waals surface area contributed by atoms with E-state index in [1.807, 2.05) is 64.5 Å². The van der Waals surface area contributed by atoms with E-state index in [-0.39, 0.29) is 11.9 Å². The van der Waals surface area contributed by atoms with Crippen LogP contribution in [0.2, 0.25) is 0 Å². The van der Waals surface area contributed by atoms with Crippen LogP contribution in [0.15, 0.2) is 48.9 Å². The molecule has 4 heterocycles. The molecule has 134 valence electrons. The van der Waals surface area contributed by atoms with Crippen LogP contribution in [0.1, 0.15) is 34.6 Å². The molecule has 1 amide bonds. The van der Waals surface area contributed by atoms with Gasteiger partial charge in [-0.1, -0.05) is 6.07 Å². The largest absolute Gasteiger partial charge is 0.334 e. The summed E-state index contributed by atoms with van der Waals surface area (Å²) in [6.45, 7) is 5.56. The van der Waals surface area contributed by atoms with Gasteiger partial charge in [0.05, 0.1) is 18.2 Å². The quantitative estimate of drug-likeness (QED) is 0.728. The summed E-state index contributed by atoms with van der Waals surface area (Å²) in [7, 11) is 0. The number of nitrogens with zero attached hydrogens (tertiary/aromatic N) is 5. The van der Waals surface area contributed by atoms with E-state index in [4.69, 9.17) is 0 Å². The predicted molar refractivity (Wildman–Crippen MR) is 99.3 cm³/mol. The van der Waals surface area contributed by atoms with Gasteiger partial charge in [-0.2, -0.15) is 5.10 Å². The van der Waals surface area contributed by atoms with Crippen molar-refractivity contribution in [1.82, 2.24) is 24.2 Å². The highest BCUT2D eigenvalue weighted by molar-refractivity contribution is 5.96. The molecule has 0 saturated carbocycles. The number of aryl methyl sites for hydroxylation is 1. The fraction of sp³-hybridized carbons (Fsp3) is 0.350. The third-order valence-electron chi connectivity index (χ3n) is 5.13. The van der Waals surface area contributed by atoms with Crippen LogP contribution in [0.4, 0.5) is 0 Å². The normalized spacial score (nSPS) is 17.0. The average Bonchev–Trinajstić information content (AvgIpc) is 3.37. The molecule has 0 aliphatic carbocycles. The fourth-order valence-electron chi connectivity index (χ4n) is 3.89. The molecule has 1 unspecified atom stereocenters. The van der Waals surface area contributed by atoms with Gasteiger partial charge in [-0.05, 0) is 51.0 Å². The first-order valence-corrected chi connectivity index (χ1v) is 9.04. The van der Waals surface area contributed by atoms with Gasteiger partial charge in [0.15, 0.2) is 0 Å². The van der Waals surface area contributed by atoms with Crippen LogP contribution in [-0.4, -0.2) is 42.7 Å². The summed E-state index contributed by atoms with van der Waals surface area (Å²) < 4.78 is 3.96. The van der Waals surface area contributed by atoms with E-state index >= 15 is 0 Å². The minimum absolute atomic E-state index is 0.106. The highest BCUT2D eigenvalue weighted by atomic mass is 16.2. The zero-order chi connectivity index (χ0) is 18.1. The molecule has 6 nitrogen and oxygen atoms in total. The zero-order valence-corrected chi connectivity index (χ0v) is 15.2. The lowest BCUT2D eigenvalue weighted by Gasteiger charge is -2.25. The molecular formula is C20H23N5O. The van der Waals surface area contributed by atoms with E-state index in [9.17, 15) is 4.79 Å². The van der Waals surface area contributed by atoms with Crippen LogP contribution < -0.4 is 0 Å². The lowest BCUT2D eigenvalue weighted by Crippen LogP contribution is -2.38. The van der Waals surface area contributed by atoms with Crippen LogP contribution in [-0.2, 0) is 6.54 Å². The molecule has 1 aliphatic heterocycles. The Morgan fingerprint density at radius 2 is 2.12 bits per heavy atom. The maximum atomic E-state index is 13.3. The summed E-state index contributed by atoms with van der Waals surface area (Å²) in [6, 6.07) is 9.92. The van der Waals surface area contributed by atoms with Gasteiger partial charge in [-0.15, -0.1) is 0 Å². The Kier molecular flexibility index (Phi) is 4.32. The molecule has 1 atom stereocenters. The van der Waals surface area contributed by atoms with E-state index in [1.165, 1.54) is 0 Å². The van der Waals surface area contributed by atoms with E-state index in [0.717, 1.165) is 48.7 Å². The van der Waals surface area contributed by atoms with Gasteiger partial charge in [-0.25, -0.2) is 4.98 Å². The molecular weight excluding hydrogens is 326 g/mol. The van der Waals surface area contributed by atoms with Crippen molar-refractivity contribution in [2.45, 2.75) is 39.3 Å². The first-order chi connectivity index (χ1) is 12.6. The topological polar surface area (TPSA) is 56.0 Å². The summed E-state index contributed by atoms with van der Waals surface area (Å²) in [5, 5.41) is 4.29. The van der Waals surface area contributed by atoms with Crippen LogP contribution in [0, 0.1) is 13.8 Å². The Balaban J connectivity index is 1.62. The molecule has 0 N–H and O–H groups in total. The predicted octanol–water partition coefficient (Wildman–Crippen LogP) is 2.99. The van der Waals surface area contributed by atoms with E-state index in [0.29, 0.717) is 0 Å². The number of amides is 1. The van der Waals surface area contributed by atoms with Crippen molar-refractivity contribution in [1.29, 1.82) is 0 Å². The molecule has 0 radical (unpaired) electrons. The van der Waals surface area contributed by atoms with E-state index in [1.54, 1.807) is 12.4 Å². The first-order valence-electron chi connectivity index (χ1n) is 9.04. The van der Waals surface area contributed by atoms with Crippen molar-refractivity contribution in [3.63, 3.8) is 0 Å². The van der Waals surface area contributed by atoms with Crippen molar-refractivity contribution in [3.8, 4) is 5.82 Å². The molecule has 1 aliphatic rings. The third-order valence-corrected chi connectivity index (χ3v) is 5.13. The first kappa shape index (κ1) is 16.6. The lowest BCUT2D eigenvalue weighted by molar-refractivity contribution is 0.0721. The fourth-order valence-corrected chi connectivity index (χ4v) is 3.89. The van der Waals surface area contributed by atoms with Crippen molar-refractivity contribution in [2.24, 2.45) is 0 Å². The third kappa shape index (κ3) is 2.92. The average molecular weight is 349 g/mol. The van der Waals surface area contributed by atoms with Crippen molar-refractivity contribution in [2.75, 3.05) is 6.54 Å². The number of carbonyl (C=O) groups is 1. The van der Waals surface area contributed by atoms with Gasteiger partial charge in [0.2, 0.25) is 0 Å². The highest BCUT2D eigenvalue weighted by Crippen LogP contribution is 2.25. The van der Waals surface area contributed by atoms with Gasteiger partial charge in [0, 0.05) is 36.5 Å². The van der Waals surface area contributed by atoms with Crippen LogP contribution in [0.25, 0.3) is 5.82 Å². The summed E-state index contributed by atoms with van der Waals surface area (Å²) in [5.74, 6) is 0.950. The van der Waals surface area contributed by atoms with Crippen LogP contribution in [0.5, 0.6) is 0 Å². The number of pyridine rings is 1. The second kappa shape index (κ2) is 6.78. The van der Waals surface area contributed by atoms with Gasteiger partial charge in [0.1, 0.15) is 5.82 Å². The number of carbonyl (C=O) groups excluding carboxylic acids is 1. The SMILES string of the molecule is Cc1cc(C(=O)N2CCCC2Cn2cccn2)c(C)n1-c1ccccn1. The van der Waals surface area contributed by atoms with E-state index in [2.05, 4.69) is 10.1 Å².